The second-order valence-corrected chi connectivity index (χ2v) is 9.12. The number of nitrogens with one attached hydrogen (secondary N) is 3. The summed E-state index contributed by atoms with van der Waals surface area (Å²) >= 11 is 6.40. The smallest absolute Gasteiger partial charge is 0.314 e. The number of rotatable bonds is 4. The molecule has 0 fully saturated rings. The van der Waals surface area contributed by atoms with Crippen LogP contribution in [0, 0.1) is 13.8 Å². The molecule has 0 spiro atoms. The Hall–Kier alpha value is -3.43. The van der Waals surface area contributed by atoms with Gasteiger partial charge in [0.05, 0.1) is 26.6 Å². The Labute approximate surface area is 182 Å². The third-order valence-electron chi connectivity index (χ3n) is 4.74. The molecule has 3 N–H and O–H groups in total. The number of anilines is 1. The van der Waals surface area contributed by atoms with Gasteiger partial charge in [-0.3, -0.25) is 19.3 Å². The van der Waals surface area contributed by atoms with Crippen molar-refractivity contribution in [1.29, 1.82) is 0 Å². The van der Waals surface area contributed by atoms with Crippen molar-refractivity contribution >= 4 is 38.3 Å². The molecule has 31 heavy (non-hydrogen) atoms. The van der Waals surface area contributed by atoms with E-state index in [4.69, 9.17) is 11.6 Å². The Morgan fingerprint density at radius 2 is 1.61 bits per heavy atom. The second-order valence-electron chi connectivity index (χ2n) is 7.06. The van der Waals surface area contributed by atoms with Crippen LogP contribution in [0.25, 0.3) is 22.2 Å². The van der Waals surface area contributed by atoms with Crippen LogP contribution in [0.15, 0.2) is 63.1 Å². The number of hydrogen-bond donors (Lipinski definition) is 3. The number of aromatic nitrogens is 3. The van der Waals surface area contributed by atoms with Crippen molar-refractivity contribution in [2.24, 2.45) is 0 Å². The molecule has 0 aliphatic rings. The second kappa shape index (κ2) is 7.68. The molecule has 0 atom stereocenters. The fourth-order valence-corrected chi connectivity index (χ4v) is 4.87. The van der Waals surface area contributed by atoms with E-state index in [0.29, 0.717) is 16.1 Å². The fourth-order valence-electron chi connectivity index (χ4n) is 3.28. The Kier molecular flexibility index (Phi) is 5.16. The number of nitrogens with zero attached hydrogens (tertiary/aromatic N) is 1. The number of fused-ring (bicyclic) bond motifs is 1. The molecule has 10 heteroatoms. The summed E-state index contributed by atoms with van der Waals surface area (Å²) < 4.78 is 28.5. The lowest BCUT2D eigenvalue weighted by molar-refractivity contribution is 0.600. The Balaban J connectivity index is 1.71. The molecule has 158 valence electrons. The topological polar surface area (TPSA) is 125 Å². The Bertz CT molecular complexity index is 1560. The first-order chi connectivity index (χ1) is 14.6. The van der Waals surface area contributed by atoms with Gasteiger partial charge < -0.3 is 9.97 Å². The van der Waals surface area contributed by atoms with Gasteiger partial charge in [-0.25, -0.2) is 8.42 Å². The van der Waals surface area contributed by atoms with E-state index in [9.17, 15) is 18.0 Å². The molecule has 4 rings (SSSR count). The number of benzene rings is 2. The van der Waals surface area contributed by atoms with Gasteiger partial charge >= 0.3 is 11.1 Å². The van der Waals surface area contributed by atoms with Gasteiger partial charge in [0.1, 0.15) is 0 Å². The van der Waals surface area contributed by atoms with E-state index >= 15 is 0 Å². The number of H-pyrrole nitrogens is 2. The first kappa shape index (κ1) is 20.8. The van der Waals surface area contributed by atoms with Crippen LogP contribution in [-0.4, -0.2) is 23.4 Å². The van der Waals surface area contributed by atoms with E-state index in [1.165, 1.54) is 18.2 Å². The van der Waals surface area contributed by atoms with E-state index < -0.39 is 21.1 Å². The van der Waals surface area contributed by atoms with Gasteiger partial charge in [0, 0.05) is 17.5 Å². The third kappa shape index (κ3) is 4.10. The lowest BCUT2D eigenvalue weighted by Gasteiger charge is -2.13. The van der Waals surface area contributed by atoms with Crippen LogP contribution in [0.4, 0.5) is 5.69 Å². The quantitative estimate of drug-likeness (QED) is 0.406. The summed E-state index contributed by atoms with van der Waals surface area (Å²) in [6, 6.07) is 11.4. The molecule has 8 nitrogen and oxygen atoms in total. The van der Waals surface area contributed by atoms with Gasteiger partial charge in [-0.15, -0.1) is 0 Å². The van der Waals surface area contributed by atoms with Crippen LogP contribution in [0.3, 0.4) is 0 Å². The summed E-state index contributed by atoms with van der Waals surface area (Å²) in [6.45, 7) is 3.47. The molecule has 0 saturated carbocycles. The van der Waals surface area contributed by atoms with E-state index in [0.717, 1.165) is 16.8 Å². The normalized spacial score (nSPS) is 11.6. The Morgan fingerprint density at radius 3 is 2.26 bits per heavy atom. The minimum Gasteiger partial charge on any atom is -0.316 e. The molecule has 4 aromatic rings. The highest BCUT2D eigenvalue weighted by Crippen LogP contribution is 2.31. The highest BCUT2D eigenvalue weighted by Gasteiger charge is 2.19. The first-order valence-corrected chi connectivity index (χ1v) is 11.0. The molecule has 0 aliphatic carbocycles. The van der Waals surface area contributed by atoms with Gasteiger partial charge in [0.25, 0.3) is 10.0 Å². The summed E-state index contributed by atoms with van der Waals surface area (Å²) in [5.74, 6) is 0. The molecule has 0 unspecified atom stereocenters. The minimum atomic E-state index is -3.99. The van der Waals surface area contributed by atoms with Crippen molar-refractivity contribution < 1.29 is 8.42 Å². The molecule has 0 amide bonds. The summed E-state index contributed by atoms with van der Waals surface area (Å²) in [5, 5.41) is 0.378. The van der Waals surface area contributed by atoms with Crippen LogP contribution in [0.1, 0.15) is 11.3 Å². The molecular formula is C21H17ClN4O4S. The van der Waals surface area contributed by atoms with Crippen LogP contribution in [0.2, 0.25) is 5.02 Å². The van der Waals surface area contributed by atoms with Crippen LogP contribution in [0.5, 0.6) is 0 Å². The predicted octanol–water partition coefficient (Wildman–Crippen LogP) is 3.35. The zero-order chi connectivity index (χ0) is 22.3. The Morgan fingerprint density at radius 1 is 0.935 bits per heavy atom. The van der Waals surface area contributed by atoms with Crippen molar-refractivity contribution in [2.45, 2.75) is 18.7 Å². The maximum Gasteiger partial charge on any atom is 0.314 e. The minimum absolute atomic E-state index is 0.0346. The van der Waals surface area contributed by atoms with Crippen molar-refractivity contribution in [1.82, 2.24) is 15.0 Å². The van der Waals surface area contributed by atoms with Crippen molar-refractivity contribution in [3.8, 4) is 11.1 Å². The monoisotopic (exact) mass is 456 g/mol. The fraction of sp³-hybridized carbons (Fsp3) is 0.0952. The number of sulfonamides is 1. The maximum absolute atomic E-state index is 13.0. The van der Waals surface area contributed by atoms with Crippen molar-refractivity contribution in [3.63, 3.8) is 0 Å². The average Bonchev–Trinajstić information content (AvgIpc) is 2.68. The van der Waals surface area contributed by atoms with Gasteiger partial charge in [-0.1, -0.05) is 17.7 Å². The summed E-state index contributed by atoms with van der Waals surface area (Å²) in [6.07, 6.45) is 1.68. The SMILES string of the molecule is Cc1cc(-c2ccc(NS(=O)(=O)c3cc4[nH]c(=O)c(=O)[nH]c4cc3C)cc2Cl)ccn1. The lowest BCUT2D eigenvalue weighted by Crippen LogP contribution is -2.29. The maximum atomic E-state index is 13.0. The van der Waals surface area contributed by atoms with E-state index in [-0.39, 0.29) is 16.1 Å². The number of aromatic amines is 2. The van der Waals surface area contributed by atoms with Gasteiger partial charge in [-0.2, -0.15) is 0 Å². The average molecular weight is 457 g/mol. The zero-order valence-electron chi connectivity index (χ0n) is 16.5. The van der Waals surface area contributed by atoms with Crippen LogP contribution in [-0.2, 0) is 10.0 Å². The molecule has 0 aliphatic heterocycles. The number of aryl methyl sites for hydroxylation is 2. The molecule has 2 aromatic carbocycles. The van der Waals surface area contributed by atoms with E-state index in [2.05, 4.69) is 19.7 Å². The van der Waals surface area contributed by atoms with Gasteiger partial charge in [-0.05, 0) is 61.4 Å². The van der Waals surface area contributed by atoms with Gasteiger partial charge in [0.15, 0.2) is 0 Å². The zero-order valence-corrected chi connectivity index (χ0v) is 18.1. The first-order valence-electron chi connectivity index (χ1n) is 9.16. The van der Waals surface area contributed by atoms with E-state index in [1.807, 2.05) is 19.1 Å². The molecule has 0 saturated heterocycles. The highest BCUT2D eigenvalue weighted by atomic mass is 35.5. The predicted molar refractivity (Wildman–Crippen MR) is 120 cm³/mol. The van der Waals surface area contributed by atoms with Crippen LogP contribution < -0.4 is 15.8 Å². The standard InChI is InChI=1S/C21H17ClN4O4S/c1-11-7-17-18(25-21(28)20(27)24-17)10-19(11)31(29,30)26-14-3-4-15(16(22)9-14)13-5-6-23-12(2)8-13/h3-10,26H,1-2H3,(H,24,27)(H,25,28). The molecule has 0 radical (unpaired) electrons. The number of pyridine rings is 1. The highest BCUT2D eigenvalue weighted by molar-refractivity contribution is 7.92. The molecule has 2 heterocycles. The third-order valence-corrected chi connectivity index (χ3v) is 6.57. The van der Waals surface area contributed by atoms with Crippen LogP contribution >= 0.6 is 11.6 Å². The number of halogens is 1. The van der Waals surface area contributed by atoms with E-state index in [1.54, 1.807) is 25.3 Å². The summed E-state index contributed by atoms with van der Waals surface area (Å²) in [4.78, 5) is 32.0. The van der Waals surface area contributed by atoms with Gasteiger partial charge in [0.2, 0.25) is 0 Å². The molecular weight excluding hydrogens is 440 g/mol. The number of hydrogen-bond acceptors (Lipinski definition) is 5. The van der Waals surface area contributed by atoms with Crippen molar-refractivity contribution in [2.75, 3.05) is 4.72 Å². The summed E-state index contributed by atoms with van der Waals surface area (Å²) in [5.41, 5.74) is 2.02. The summed E-state index contributed by atoms with van der Waals surface area (Å²) in [7, 11) is -3.99. The largest absolute Gasteiger partial charge is 0.316 e. The van der Waals surface area contributed by atoms with Crippen molar-refractivity contribution in [3.05, 3.63) is 85.6 Å². The lowest BCUT2D eigenvalue weighted by atomic mass is 10.1. The molecule has 2 aromatic heterocycles. The molecule has 0 bridgehead atoms.